The van der Waals surface area contributed by atoms with Crippen molar-refractivity contribution in [1.82, 2.24) is 19.7 Å². The zero-order valence-corrected chi connectivity index (χ0v) is 14.1. The summed E-state index contributed by atoms with van der Waals surface area (Å²) in [5.74, 6) is 1.62. The third kappa shape index (κ3) is 2.06. The molecule has 2 atom stereocenters. The van der Waals surface area contributed by atoms with Gasteiger partial charge in [0.1, 0.15) is 0 Å². The van der Waals surface area contributed by atoms with Crippen molar-refractivity contribution in [3.8, 4) is 0 Å². The van der Waals surface area contributed by atoms with Crippen LogP contribution in [-0.4, -0.2) is 45.1 Å². The van der Waals surface area contributed by atoms with Gasteiger partial charge in [0.25, 0.3) is 0 Å². The largest absolute Gasteiger partial charge is 0.303 e. The van der Waals surface area contributed by atoms with Crippen LogP contribution in [0.3, 0.4) is 0 Å². The molecule has 0 amide bonds. The van der Waals surface area contributed by atoms with Crippen LogP contribution in [0.1, 0.15) is 28.9 Å². The Hall–Kier alpha value is -1.46. The van der Waals surface area contributed by atoms with E-state index in [1.54, 1.807) is 6.20 Å². The number of pyridine rings is 1. The summed E-state index contributed by atoms with van der Waals surface area (Å²) < 4.78 is 1.87. The predicted molar refractivity (Wildman–Crippen MR) is 89.9 cm³/mol. The van der Waals surface area contributed by atoms with E-state index in [0.29, 0.717) is 11.7 Å². The molecule has 2 aromatic rings. The number of Topliss-reactive ketones (excluding diaryl/α,β-unsaturated/α-hetero) is 1. The molecule has 122 valence electrons. The zero-order valence-electron chi connectivity index (χ0n) is 13.2. The second-order valence-electron chi connectivity index (χ2n) is 7.13. The van der Waals surface area contributed by atoms with E-state index in [2.05, 4.69) is 15.0 Å². The van der Waals surface area contributed by atoms with Crippen LogP contribution in [0.25, 0.3) is 10.9 Å². The number of hydrogen-bond acceptors (Lipinski definition) is 4. The fourth-order valence-electron chi connectivity index (χ4n) is 4.93. The molecule has 5 nitrogen and oxygen atoms in total. The van der Waals surface area contributed by atoms with Crippen molar-refractivity contribution in [1.29, 1.82) is 0 Å². The molecular weight excluding hydrogens is 312 g/mol. The van der Waals surface area contributed by atoms with E-state index >= 15 is 0 Å². The molecule has 1 unspecified atom stereocenters. The zero-order chi connectivity index (χ0) is 14.8. The second kappa shape index (κ2) is 5.28. The Labute approximate surface area is 141 Å². The van der Waals surface area contributed by atoms with Gasteiger partial charge in [0.15, 0.2) is 5.78 Å². The van der Waals surface area contributed by atoms with Crippen molar-refractivity contribution >= 4 is 29.1 Å². The smallest absolute Gasteiger partial charge is 0.168 e. The Morgan fingerprint density at radius 1 is 1.22 bits per heavy atom. The minimum atomic E-state index is 0. The van der Waals surface area contributed by atoms with Crippen molar-refractivity contribution in [2.45, 2.75) is 19.3 Å². The number of hydrogen-bond donors (Lipinski definition) is 0. The minimum absolute atomic E-state index is 0. The Bertz CT molecular complexity index is 778. The minimum Gasteiger partial charge on any atom is -0.303 e. The van der Waals surface area contributed by atoms with Crippen molar-refractivity contribution < 1.29 is 4.79 Å². The lowest BCUT2D eigenvalue weighted by molar-refractivity contribution is 0.0192. The molecule has 0 N–H and O–H groups in total. The maximum Gasteiger partial charge on any atom is 0.168 e. The van der Waals surface area contributed by atoms with E-state index in [1.165, 1.54) is 25.9 Å². The summed E-state index contributed by atoms with van der Waals surface area (Å²) in [5.41, 5.74) is 2.87. The molecule has 6 rings (SSSR count). The molecule has 3 aliphatic heterocycles. The van der Waals surface area contributed by atoms with Crippen LogP contribution in [0.2, 0.25) is 0 Å². The van der Waals surface area contributed by atoms with E-state index in [4.69, 9.17) is 0 Å². The van der Waals surface area contributed by atoms with Crippen LogP contribution >= 0.6 is 12.4 Å². The number of ketones is 1. The quantitative estimate of drug-likeness (QED) is 0.802. The van der Waals surface area contributed by atoms with Gasteiger partial charge >= 0.3 is 0 Å². The topological polar surface area (TPSA) is 51.0 Å². The Balaban J connectivity index is 0.00000135. The molecule has 4 aliphatic rings. The van der Waals surface area contributed by atoms with Crippen LogP contribution in [0.5, 0.6) is 0 Å². The lowest BCUT2D eigenvalue weighted by Gasteiger charge is -2.47. The van der Waals surface area contributed by atoms with Gasteiger partial charge in [-0.3, -0.25) is 14.5 Å². The number of carbonyl (C=O) groups is 1. The van der Waals surface area contributed by atoms with E-state index < -0.39 is 0 Å². The standard InChI is InChI=1S/C17H20N4O.ClH/c1-20-15-8-18-7-12-16(15)14(19-20)6-11(17(12)22)13-9-21-4-2-10(13)3-5-21;/h7-8,10-11,13H,2-6,9H2,1H3;1H/t11-,13?;/m1./s1. The predicted octanol–water partition coefficient (Wildman–Crippen LogP) is 2.09. The normalized spacial score (nSPS) is 32.1. The molecule has 23 heavy (non-hydrogen) atoms. The van der Waals surface area contributed by atoms with Gasteiger partial charge in [0.05, 0.1) is 17.4 Å². The first-order valence-electron chi connectivity index (χ1n) is 8.28. The van der Waals surface area contributed by atoms with Gasteiger partial charge in [-0.2, -0.15) is 5.10 Å². The summed E-state index contributed by atoms with van der Waals surface area (Å²) in [7, 11) is 1.94. The van der Waals surface area contributed by atoms with Gasteiger partial charge in [-0.1, -0.05) is 0 Å². The number of fused-ring (bicyclic) bond motifs is 3. The fraction of sp³-hybridized carbons (Fsp3) is 0.588. The average molecular weight is 333 g/mol. The molecule has 5 heterocycles. The van der Waals surface area contributed by atoms with Crippen molar-refractivity contribution in [2.75, 3.05) is 19.6 Å². The van der Waals surface area contributed by atoms with Crippen LogP contribution in [0.4, 0.5) is 0 Å². The van der Waals surface area contributed by atoms with Gasteiger partial charge in [0, 0.05) is 43.1 Å². The summed E-state index contributed by atoms with van der Waals surface area (Å²) in [4.78, 5) is 19.9. The number of carbonyl (C=O) groups excluding carboxylic acids is 1. The van der Waals surface area contributed by atoms with Crippen molar-refractivity contribution in [2.24, 2.45) is 24.8 Å². The van der Waals surface area contributed by atoms with Gasteiger partial charge in [-0.25, -0.2) is 0 Å². The molecule has 0 saturated carbocycles. The summed E-state index contributed by atoms with van der Waals surface area (Å²) in [6, 6.07) is 0. The average Bonchev–Trinajstić information content (AvgIpc) is 2.89. The molecule has 2 bridgehead atoms. The van der Waals surface area contributed by atoms with Gasteiger partial charge in [-0.15, -0.1) is 12.4 Å². The highest BCUT2D eigenvalue weighted by atomic mass is 35.5. The molecule has 6 heteroatoms. The highest BCUT2D eigenvalue weighted by Crippen LogP contribution is 2.42. The highest BCUT2D eigenvalue weighted by molar-refractivity contribution is 6.11. The number of rotatable bonds is 1. The van der Waals surface area contributed by atoms with Crippen LogP contribution in [0, 0.1) is 17.8 Å². The molecule has 1 aliphatic carbocycles. The third-order valence-electron chi connectivity index (χ3n) is 6.07. The molecular formula is C17H21ClN4O. The molecule has 3 saturated heterocycles. The molecule has 0 aromatic carbocycles. The van der Waals surface area contributed by atoms with E-state index in [-0.39, 0.29) is 18.3 Å². The SMILES string of the molecule is Cl.Cn1nc2c3c(cncc31)C(=O)[C@@H](C1CN3CCC1CC3)C2. The van der Waals surface area contributed by atoms with E-state index in [1.807, 2.05) is 17.9 Å². The first-order chi connectivity index (χ1) is 10.7. The summed E-state index contributed by atoms with van der Waals surface area (Å²) in [6.45, 7) is 3.52. The summed E-state index contributed by atoms with van der Waals surface area (Å²) in [5, 5.41) is 5.71. The lowest BCUT2D eigenvalue weighted by Crippen LogP contribution is -2.51. The first kappa shape index (κ1) is 15.1. The van der Waals surface area contributed by atoms with Crippen LogP contribution in [0.15, 0.2) is 12.4 Å². The van der Waals surface area contributed by atoms with Crippen LogP contribution in [-0.2, 0) is 13.5 Å². The van der Waals surface area contributed by atoms with Gasteiger partial charge < -0.3 is 4.90 Å². The third-order valence-corrected chi connectivity index (χ3v) is 6.07. The highest BCUT2D eigenvalue weighted by Gasteiger charge is 2.44. The van der Waals surface area contributed by atoms with Crippen molar-refractivity contribution in [3.63, 3.8) is 0 Å². The summed E-state index contributed by atoms with van der Waals surface area (Å²) >= 11 is 0. The number of aryl methyl sites for hydroxylation is 1. The molecule has 0 spiro atoms. The van der Waals surface area contributed by atoms with Gasteiger partial charge in [0.2, 0.25) is 0 Å². The Kier molecular flexibility index (Phi) is 3.46. The second-order valence-corrected chi connectivity index (χ2v) is 7.13. The Morgan fingerprint density at radius 3 is 2.70 bits per heavy atom. The Morgan fingerprint density at radius 2 is 2.00 bits per heavy atom. The fourth-order valence-corrected chi connectivity index (χ4v) is 4.93. The molecule has 2 aromatic heterocycles. The monoisotopic (exact) mass is 332 g/mol. The maximum atomic E-state index is 13.1. The number of aromatic nitrogens is 3. The van der Waals surface area contributed by atoms with Crippen LogP contribution < -0.4 is 0 Å². The summed E-state index contributed by atoms with van der Waals surface area (Å²) in [6.07, 6.45) is 6.89. The molecule has 3 fully saturated rings. The number of halogens is 1. The number of piperidine rings is 3. The maximum absolute atomic E-state index is 13.1. The molecule has 0 radical (unpaired) electrons. The van der Waals surface area contributed by atoms with Gasteiger partial charge in [-0.05, 0) is 37.8 Å². The van der Waals surface area contributed by atoms with E-state index in [0.717, 1.165) is 41.0 Å². The van der Waals surface area contributed by atoms with Crippen molar-refractivity contribution in [3.05, 3.63) is 23.7 Å². The lowest BCUT2D eigenvalue weighted by atomic mass is 9.67. The number of nitrogens with zero attached hydrogens (tertiary/aromatic N) is 4. The first-order valence-corrected chi connectivity index (χ1v) is 8.28. The van der Waals surface area contributed by atoms with E-state index in [9.17, 15) is 4.79 Å².